The fourth-order valence-electron chi connectivity index (χ4n) is 2.52. The summed E-state index contributed by atoms with van der Waals surface area (Å²) in [5.41, 5.74) is 0. The van der Waals surface area contributed by atoms with Crippen LogP contribution in [0.1, 0.15) is 24.8 Å². The number of nitrogens with zero attached hydrogens (tertiary/aromatic N) is 2. The molecular weight excluding hydrogens is 286 g/mol. The molecule has 0 radical (unpaired) electrons. The van der Waals surface area contributed by atoms with Crippen molar-refractivity contribution in [2.24, 2.45) is 0 Å². The Labute approximate surface area is 130 Å². The van der Waals surface area contributed by atoms with Crippen molar-refractivity contribution >= 4 is 17.2 Å². The predicted octanol–water partition coefficient (Wildman–Crippen LogP) is 0.924. The van der Waals surface area contributed by atoms with E-state index in [-0.39, 0.29) is 11.9 Å². The zero-order valence-corrected chi connectivity index (χ0v) is 13.6. The number of piperazine rings is 1. The molecule has 1 aliphatic rings. The summed E-state index contributed by atoms with van der Waals surface area (Å²) in [7, 11) is 0. The van der Waals surface area contributed by atoms with Gasteiger partial charge in [-0.3, -0.25) is 14.6 Å². The summed E-state index contributed by atoms with van der Waals surface area (Å²) in [5, 5.41) is 15.1. The van der Waals surface area contributed by atoms with Crippen molar-refractivity contribution < 1.29 is 9.90 Å². The number of β-amino-alcohol motifs (C(OH)–C–C–N with tert-alkyl or cyclic N) is 1. The van der Waals surface area contributed by atoms with E-state index < -0.39 is 6.10 Å². The van der Waals surface area contributed by atoms with E-state index in [9.17, 15) is 9.90 Å². The zero-order chi connectivity index (χ0) is 15.2. The van der Waals surface area contributed by atoms with Gasteiger partial charge in [0.25, 0.3) is 0 Å². The summed E-state index contributed by atoms with van der Waals surface area (Å²) >= 11 is 1.59. The number of hydrogen-bond donors (Lipinski definition) is 2. The molecule has 0 bridgehead atoms. The van der Waals surface area contributed by atoms with Crippen molar-refractivity contribution in [3.63, 3.8) is 0 Å². The molecule has 2 rings (SSSR count). The molecule has 2 heterocycles. The highest BCUT2D eigenvalue weighted by Gasteiger charge is 2.21. The molecule has 1 amide bonds. The third kappa shape index (κ3) is 5.39. The quantitative estimate of drug-likeness (QED) is 0.820. The van der Waals surface area contributed by atoms with Crippen LogP contribution in [0.5, 0.6) is 0 Å². The smallest absolute Gasteiger partial charge is 0.234 e. The van der Waals surface area contributed by atoms with Gasteiger partial charge in [-0.05, 0) is 25.3 Å². The summed E-state index contributed by atoms with van der Waals surface area (Å²) < 4.78 is 0. The van der Waals surface area contributed by atoms with Gasteiger partial charge in [0.2, 0.25) is 5.91 Å². The van der Waals surface area contributed by atoms with E-state index in [0.29, 0.717) is 13.1 Å². The first-order valence-electron chi connectivity index (χ1n) is 7.50. The van der Waals surface area contributed by atoms with Gasteiger partial charge in [0.1, 0.15) is 6.10 Å². The molecule has 0 saturated carbocycles. The largest absolute Gasteiger partial charge is 0.386 e. The van der Waals surface area contributed by atoms with Crippen molar-refractivity contribution in [1.82, 2.24) is 15.1 Å². The molecule has 0 unspecified atom stereocenters. The van der Waals surface area contributed by atoms with E-state index in [1.54, 1.807) is 11.3 Å². The van der Waals surface area contributed by atoms with Gasteiger partial charge < -0.3 is 10.4 Å². The lowest BCUT2D eigenvalue weighted by Crippen LogP contribution is -2.50. The molecule has 1 aliphatic heterocycles. The second-order valence-corrected chi connectivity index (χ2v) is 6.81. The van der Waals surface area contributed by atoms with E-state index in [2.05, 4.69) is 15.1 Å². The first kappa shape index (κ1) is 16.4. The minimum atomic E-state index is -0.402. The molecule has 5 nitrogen and oxygen atoms in total. The summed E-state index contributed by atoms with van der Waals surface area (Å²) in [6.07, 6.45) is -0.402. The zero-order valence-electron chi connectivity index (χ0n) is 12.8. The average molecular weight is 311 g/mol. The lowest BCUT2D eigenvalue weighted by Gasteiger charge is -2.35. The van der Waals surface area contributed by atoms with E-state index >= 15 is 0 Å². The lowest BCUT2D eigenvalue weighted by atomic mass is 10.2. The summed E-state index contributed by atoms with van der Waals surface area (Å²) in [4.78, 5) is 17.2. The molecule has 2 N–H and O–H groups in total. The van der Waals surface area contributed by atoms with Crippen LogP contribution in [0.15, 0.2) is 17.5 Å². The van der Waals surface area contributed by atoms with Gasteiger partial charge in [-0.15, -0.1) is 11.3 Å². The monoisotopic (exact) mass is 311 g/mol. The number of nitrogens with one attached hydrogen (secondary N) is 1. The number of aliphatic hydroxyl groups is 1. The molecule has 1 aromatic heterocycles. The van der Waals surface area contributed by atoms with E-state index in [0.717, 1.165) is 31.1 Å². The third-order valence-corrected chi connectivity index (χ3v) is 4.56. The van der Waals surface area contributed by atoms with E-state index in [1.165, 1.54) is 0 Å². The van der Waals surface area contributed by atoms with Crippen LogP contribution in [-0.2, 0) is 4.79 Å². The fourth-order valence-corrected chi connectivity index (χ4v) is 3.22. The Morgan fingerprint density at radius 3 is 2.57 bits per heavy atom. The molecule has 0 spiro atoms. The fraction of sp³-hybridized carbons (Fsp3) is 0.667. The van der Waals surface area contributed by atoms with Gasteiger partial charge in [0, 0.05) is 43.6 Å². The van der Waals surface area contributed by atoms with Crippen LogP contribution in [0.25, 0.3) is 0 Å². The number of carbonyl (C=O) groups excluding carboxylic acids is 1. The van der Waals surface area contributed by atoms with Crippen LogP contribution in [0.2, 0.25) is 0 Å². The minimum absolute atomic E-state index is 0.0945. The topological polar surface area (TPSA) is 55.8 Å². The molecule has 1 atom stereocenters. The van der Waals surface area contributed by atoms with Gasteiger partial charge in [-0.1, -0.05) is 6.07 Å². The van der Waals surface area contributed by atoms with Gasteiger partial charge in [0.05, 0.1) is 6.54 Å². The lowest BCUT2D eigenvalue weighted by molar-refractivity contribution is -0.123. The highest BCUT2D eigenvalue weighted by molar-refractivity contribution is 7.10. The van der Waals surface area contributed by atoms with Gasteiger partial charge in [-0.2, -0.15) is 0 Å². The summed E-state index contributed by atoms with van der Waals surface area (Å²) in [6.45, 7) is 8.65. The number of amides is 1. The Bertz CT molecular complexity index is 428. The Kier molecular flexibility index (Phi) is 6.17. The molecule has 1 fully saturated rings. The maximum Gasteiger partial charge on any atom is 0.234 e. The molecule has 1 aromatic rings. The van der Waals surface area contributed by atoms with Crippen molar-refractivity contribution in [3.05, 3.63) is 22.4 Å². The minimum Gasteiger partial charge on any atom is -0.386 e. The van der Waals surface area contributed by atoms with Crippen molar-refractivity contribution in [3.8, 4) is 0 Å². The molecule has 118 valence electrons. The van der Waals surface area contributed by atoms with Crippen LogP contribution >= 0.6 is 11.3 Å². The van der Waals surface area contributed by atoms with Crippen molar-refractivity contribution in [2.75, 3.05) is 39.3 Å². The SMILES string of the molecule is CC(C)NC(=O)CN1CCN(C[C@@H](O)c2cccs2)CC1. The number of rotatable bonds is 6. The molecule has 21 heavy (non-hydrogen) atoms. The predicted molar refractivity (Wildman–Crippen MR) is 85.4 cm³/mol. The molecule has 0 aromatic carbocycles. The van der Waals surface area contributed by atoms with Crippen molar-refractivity contribution in [2.45, 2.75) is 26.0 Å². The number of aliphatic hydroxyl groups excluding tert-OH is 1. The average Bonchev–Trinajstić information content (AvgIpc) is 2.94. The van der Waals surface area contributed by atoms with Crippen LogP contribution in [0.3, 0.4) is 0 Å². The highest BCUT2D eigenvalue weighted by Crippen LogP contribution is 2.20. The number of carbonyl (C=O) groups is 1. The third-order valence-electron chi connectivity index (χ3n) is 3.58. The maximum atomic E-state index is 11.7. The number of hydrogen-bond acceptors (Lipinski definition) is 5. The Morgan fingerprint density at radius 2 is 2.00 bits per heavy atom. The van der Waals surface area contributed by atoms with Crippen molar-refractivity contribution in [1.29, 1.82) is 0 Å². The molecular formula is C15H25N3O2S. The Hall–Kier alpha value is -0.950. The van der Waals surface area contributed by atoms with Gasteiger partial charge in [0.15, 0.2) is 0 Å². The second-order valence-electron chi connectivity index (χ2n) is 5.83. The standard InChI is InChI=1S/C15H25N3O2S/c1-12(2)16-15(20)11-18-7-5-17(6-8-18)10-13(19)14-4-3-9-21-14/h3-4,9,12-13,19H,5-8,10-11H2,1-2H3,(H,16,20)/t13-/m1/s1. The Balaban J connectivity index is 1.69. The van der Waals surface area contributed by atoms with Crippen LogP contribution < -0.4 is 5.32 Å². The maximum absolute atomic E-state index is 11.7. The molecule has 1 saturated heterocycles. The first-order valence-corrected chi connectivity index (χ1v) is 8.38. The molecule has 6 heteroatoms. The summed E-state index contributed by atoms with van der Waals surface area (Å²) in [6, 6.07) is 4.13. The highest BCUT2D eigenvalue weighted by atomic mass is 32.1. The Morgan fingerprint density at radius 1 is 1.33 bits per heavy atom. The van der Waals surface area contributed by atoms with Gasteiger partial charge in [-0.25, -0.2) is 0 Å². The summed E-state index contributed by atoms with van der Waals surface area (Å²) in [5.74, 6) is 0.0945. The van der Waals surface area contributed by atoms with E-state index in [4.69, 9.17) is 0 Å². The van der Waals surface area contributed by atoms with Crippen LogP contribution in [0, 0.1) is 0 Å². The normalized spacial score (nSPS) is 18.9. The first-order chi connectivity index (χ1) is 10.0. The van der Waals surface area contributed by atoms with Gasteiger partial charge >= 0.3 is 0 Å². The second kappa shape index (κ2) is 7.89. The van der Waals surface area contributed by atoms with E-state index in [1.807, 2.05) is 31.4 Å². The van der Waals surface area contributed by atoms with Crippen LogP contribution in [0.4, 0.5) is 0 Å². The van der Waals surface area contributed by atoms with Crippen LogP contribution in [-0.4, -0.2) is 66.1 Å². The molecule has 0 aliphatic carbocycles. The number of thiophene rings is 1.